The Bertz CT molecular complexity index is 409. The fourth-order valence-corrected chi connectivity index (χ4v) is 2.54. The number of hydrogen-bond acceptors (Lipinski definition) is 3. The van der Waals surface area contributed by atoms with Crippen molar-refractivity contribution in [3.63, 3.8) is 0 Å². The van der Waals surface area contributed by atoms with Gasteiger partial charge in [0.25, 0.3) is 0 Å². The number of hydrogen-bond donors (Lipinski definition) is 0. The second-order valence-electron chi connectivity index (χ2n) is 6.30. The van der Waals surface area contributed by atoms with E-state index in [1.807, 2.05) is 0 Å². The van der Waals surface area contributed by atoms with Crippen LogP contribution < -0.4 is 0 Å². The summed E-state index contributed by atoms with van der Waals surface area (Å²) in [5.74, 6) is -0.128. The van der Waals surface area contributed by atoms with Gasteiger partial charge in [0.2, 0.25) is 0 Å². The second kappa shape index (κ2) is 14.0. The van der Waals surface area contributed by atoms with E-state index in [4.69, 9.17) is 4.74 Å². The maximum Gasteiger partial charge on any atom is 0.305 e. The van der Waals surface area contributed by atoms with Crippen LogP contribution in [0, 0.1) is 0 Å². The number of unbranched alkanes of at least 4 members (excludes halogenated alkanes) is 4. The molecule has 1 aliphatic rings. The molecule has 0 spiro atoms. The molecule has 0 aromatic heterocycles. The predicted molar refractivity (Wildman–Crippen MR) is 99.9 cm³/mol. The third kappa shape index (κ3) is 11.2. The average Bonchev–Trinajstić information content (AvgIpc) is 3.34. The van der Waals surface area contributed by atoms with Crippen LogP contribution in [0.1, 0.15) is 71.1 Å². The van der Waals surface area contributed by atoms with Crippen molar-refractivity contribution in [2.45, 2.75) is 83.3 Å². The van der Waals surface area contributed by atoms with E-state index >= 15 is 0 Å². The number of ether oxygens (including phenoxy) is 2. The lowest BCUT2D eigenvalue weighted by Gasteiger charge is -1.95. The van der Waals surface area contributed by atoms with Gasteiger partial charge in [-0.15, -0.1) is 0 Å². The lowest BCUT2D eigenvalue weighted by Crippen LogP contribution is -1.98. The van der Waals surface area contributed by atoms with Crippen LogP contribution in [0.2, 0.25) is 0 Å². The minimum Gasteiger partial charge on any atom is -0.469 e. The third-order valence-corrected chi connectivity index (χ3v) is 4.15. The Morgan fingerprint density at radius 3 is 2.25 bits per heavy atom. The quantitative estimate of drug-likeness (QED) is 0.182. The van der Waals surface area contributed by atoms with Crippen molar-refractivity contribution in [2.75, 3.05) is 7.11 Å². The zero-order valence-corrected chi connectivity index (χ0v) is 15.4. The number of allylic oxidation sites excluding steroid dienone is 4. The molecular weight excluding hydrogens is 300 g/mol. The Kier molecular flexibility index (Phi) is 12.1. The number of carbonyl (C=O) groups is 1. The van der Waals surface area contributed by atoms with Gasteiger partial charge in [-0.3, -0.25) is 4.79 Å². The molecule has 0 aliphatic carbocycles. The first-order chi connectivity index (χ1) is 11.8. The van der Waals surface area contributed by atoms with Crippen LogP contribution in [0.3, 0.4) is 0 Å². The molecule has 1 aliphatic heterocycles. The molecule has 1 fully saturated rings. The van der Waals surface area contributed by atoms with Gasteiger partial charge in [0, 0.05) is 6.42 Å². The maximum absolute atomic E-state index is 11.0. The fourth-order valence-electron chi connectivity index (χ4n) is 2.54. The largest absolute Gasteiger partial charge is 0.469 e. The van der Waals surface area contributed by atoms with Crippen LogP contribution in [0.25, 0.3) is 0 Å². The minimum absolute atomic E-state index is 0.128. The summed E-state index contributed by atoms with van der Waals surface area (Å²) < 4.78 is 10.3. The summed E-state index contributed by atoms with van der Waals surface area (Å²) in [6, 6.07) is 0. The van der Waals surface area contributed by atoms with E-state index in [2.05, 4.69) is 48.1 Å². The van der Waals surface area contributed by atoms with Crippen LogP contribution >= 0.6 is 0 Å². The Morgan fingerprint density at radius 2 is 1.54 bits per heavy atom. The molecule has 0 saturated carbocycles. The monoisotopic (exact) mass is 334 g/mol. The van der Waals surface area contributed by atoms with Gasteiger partial charge in [-0.05, 0) is 44.9 Å². The molecule has 3 nitrogen and oxygen atoms in total. The summed E-state index contributed by atoms with van der Waals surface area (Å²) in [5, 5.41) is 0. The predicted octanol–water partition coefficient (Wildman–Crippen LogP) is 5.52. The summed E-state index contributed by atoms with van der Waals surface area (Å²) in [6.07, 6.45) is 24.6. The van der Waals surface area contributed by atoms with Crippen molar-refractivity contribution >= 4 is 5.97 Å². The van der Waals surface area contributed by atoms with Crippen molar-refractivity contribution in [3.05, 3.63) is 36.5 Å². The SMILES string of the molecule is CCCCC/C=C/C/C=C\C[C@@H]1O[C@@H]1C/C=C/CCCC(=O)OC. The molecule has 2 atom stereocenters. The van der Waals surface area contributed by atoms with E-state index in [-0.39, 0.29) is 5.97 Å². The van der Waals surface area contributed by atoms with Gasteiger partial charge < -0.3 is 9.47 Å². The smallest absolute Gasteiger partial charge is 0.305 e. The highest BCUT2D eigenvalue weighted by Gasteiger charge is 2.35. The Labute approximate surface area is 147 Å². The molecule has 24 heavy (non-hydrogen) atoms. The number of carbonyl (C=O) groups excluding carboxylic acids is 1. The topological polar surface area (TPSA) is 38.8 Å². The molecule has 0 aromatic carbocycles. The molecule has 0 aromatic rings. The standard InChI is InChI=1S/C21H34O3/c1-3-4-5-6-7-8-9-10-13-16-19-20(24-19)17-14-11-12-15-18-21(22)23-2/h7-8,10-11,13-14,19-20H,3-6,9,12,15-18H2,1-2H3/b8-7+,13-10-,14-11+/t19-,20+/m0/s1. The van der Waals surface area contributed by atoms with Crippen LogP contribution in [0.4, 0.5) is 0 Å². The third-order valence-electron chi connectivity index (χ3n) is 4.15. The molecule has 0 amide bonds. The summed E-state index contributed by atoms with van der Waals surface area (Å²) in [4.78, 5) is 11.0. The molecule has 1 rings (SSSR count). The number of methoxy groups -OCH3 is 1. The van der Waals surface area contributed by atoms with Crippen molar-refractivity contribution in [2.24, 2.45) is 0 Å². The van der Waals surface area contributed by atoms with E-state index < -0.39 is 0 Å². The van der Waals surface area contributed by atoms with Gasteiger partial charge in [-0.25, -0.2) is 0 Å². The molecule has 0 radical (unpaired) electrons. The van der Waals surface area contributed by atoms with Crippen LogP contribution in [-0.2, 0) is 14.3 Å². The van der Waals surface area contributed by atoms with Crippen molar-refractivity contribution in [3.8, 4) is 0 Å². The Balaban J connectivity index is 1.93. The van der Waals surface area contributed by atoms with Crippen molar-refractivity contribution < 1.29 is 14.3 Å². The van der Waals surface area contributed by atoms with Crippen molar-refractivity contribution in [1.82, 2.24) is 0 Å². The van der Waals surface area contributed by atoms with Crippen LogP contribution in [0.15, 0.2) is 36.5 Å². The van der Waals surface area contributed by atoms with Gasteiger partial charge in [-0.2, -0.15) is 0 Å². The Hall–Kier alpha value is -1.35. The molecular formula is C21H34O3. The number of esters is 1. The van der Waals surface area contributed by atoms with Gasteiger partial charge >= 0.3 is 5.97 Å². The van der Waals surface area contributed by atoms with E-state index in [9.17, 15) is 4.79 Å². The molecule has 3 heteroatoms. The number of rotatable bonds is 14. The molecule has 0 unspecified atom stereocenters. The lowest BCUT2D eigenvalue weighted by atomic mass is 10.1. The molecule has 0 N–H and O–H groups in total. The van der Waals surface area contributed by atoms with Crippen LogP contribution in [-0.4, -0.2) is 25.3 Å². The van der Waals surface area contributed by atoms with Crippen LogP contribution in [0.5, 0.6) is 0 Å². The first-order valence-corrected chi connectivity index (χ1v) is 9.45. The summed E-state index contributed by atoms with van der Waals surface area (Å²) in [6.45, 7) is 2.24. The van der Waals surface area contributed by atoms with E-state index in [0.29, 0.717) is 18.6 Å². The highest BCUT2D eigenvalue weighted by Crippen LogP contribution is 2.29. The number of epoxide rings is 1. The summed E-state index contributed by atoms with van der Waals surface area (Å²) >= 11 is 0. The average molecular weight is 335 g/mol. The highest BCUT2D eigenvalue weighted by atomic mass is 16.6. The van der Waals surface area contributed by atoms with E-state index in [1.165, 1.54) is 32.8 Å². The normalized spacial score (nSPS) is 20.4. The molecule has 136 valence electrons. The van der Waals surface area contributed by atoms with Gasteiger partial charge in [-0.1, -0.05) is 56.2 Å². The minimum atomic E-state index is -0.128. The molecule has 0 bridgehead atoms. The van der Waals surface area contributed by atoms with Crippen molar-refractivity contribution in [1.29, 1.82) is 0 Å². The summed E-state index contributed by atoms with van der Waals surface area (Å²) in [7, 11) is 1.43. The highest BCUT2D eigenvalue weighted by molar-refractivity contribution is 5.69. The first-order valence-electron chi connectivity index (χ1n) is 9.45. The molecule has 1 saturated heterocycles. The van der Waals surface area contributed by atoms with Gasteiger partial charge in [0.05, 0.1) is 19.3 Å². The van der Waals surface area contributed by atoms with E-state index in [0.717, 1.165) is 32.1 Å². The summed E-state index contributed by atoms with van der Waals surface area (Å²) in [5.41, 5.74) is 0. The fraction of sp³-hybridized carbons (Fsp3) is 0.667. The Morgan fingerprint density at radius 1 is 0.917 bits per heavy atom. The van der Waals surface area contributed by atoms with Gasteiger partial charge in [0.1, 0.15) is 0 Å². The van der Waals surface area contributed by atoms with Gasteiger partial charge in [0.15, 0.2) is 0 Å². The van der Waals surface area contributed by atoms with E-state index in [1.54, 1.807) is 0 Å². The zero-order chi connectivity index (χ0) is 17.5. The second-order valence-corrected chi connectivity index (χ2v) is 6.30. The first kappa shape index (κ1) is 20.7. The maximum atomic E-state index is 11.0. The molecule has 1 heterocycles. The zero-order valence-electron chi connectivity index (χ0n) is 15.4. The lowest BCUT2D eigenvalue weighted by molar-refractivity contribution is -0.140.